The molecule has 1 rings (SSSR count). The Kier molecular flexibility index (Phi) is 4.63. The van der Waals surface area contributed by atoms with E-state index in [1.165, 1.54) is 6.08 Å². The normalized spacial score (nSPS) is 21.1. The Morgan fingerprint density at radius 3 is 2.50 bits per heavy atom. The molecule has 0 saturated carbocycles. The van der Waals surface area contributed by atoms with Crippen LogP contribution in [0.15, 0.2) is 11.6 Å². The highest BCUT2D eigenvalue weighted by Crippen LogP contribution is 2.21. The van der Waals surface area contributed by atoms with Gasteiger partial charge < -0.3 is 5.32 Å². The molecule has 1 heterocycles. The lowest BCUT2D eigenvalue weighted by Gasteiger charge is -2.01. The number of hydrogen-bond acceptors (Lipinski definition) is 1. The van der Waals surface area contributed by atoms with E-state index < -0.39 is 12.6 Å². The lowest BCUT2D eigenvalue weighted by atomic mass is 10.2. The molecule has 5 heteroatoms. The molecular weight excluding hydrogens is 191 g/mol. The number of nitrogens with one attached hydrogen (secondary N) is 1. The van der Waals surface area contributed by atoms with Crippen molar-refractivity contribution in [3.8, 4) is 0 Å². The summed E-state index contributed by atoms with van der Waals surface area (Å²) in [6, 6.07) is 0. The van der Waals surface area contributed by atoms with Crippen LogP contribution < -0.4 is 5.32 Å². The summed E-state index contributed by atoms with van der Waals surface area (Å²) in [5.74, 6) is 0. The molecular formula is C7H11ClF3N. The van der Waals surface area contributed by atoms with E-state index in [-0.39, 0.29) is 12.4 Å². The Morgan fingerprint density at radius 1 is 1.42 bits per heavy atom. The standard InChI is InChI=1S/C7H10F3N.ClH/c8-7(9,10)3-1-6-2-4-11-5-6;/h1,11H,2-5H2;1H/b6-1+;. The predicted octanol–water partition coefficient (Wildman–Crippen LogP) is 2.28. The van der Waals surface area contributed by atoms with Crippen LogP contribution in [0, 0.1) is 0 Å². The third kappa shape index (κ3) is 4.62. The first kappa shape index (κ1) is 11.8. The maximum Gasteiger partial charge on any atom is 0.392 e. The third-order valence-electron chi connectivity index (χ3n) is 1.60. The van der Waals surface area contributed by atoms with Crippen LogP contribution in [0.4, 0.5) is 13.2 Å². The number of hydrogen-bond donors (Lipinski definition) is 1. The van der Waals surface area contributed by atoms with Crippen molar-refractivity contribution in [2.45, 2.75) is 19.0 Å². The van der Waals surface area contributed by atoms with Gasteiger partial charge in [0.25, 0.3) is 0 Å². The lowest BCUT2D eigenvalue weighted by molar-refractivity contribution is -0.125. The van der Waals surface area contributed by atoms with Gasteiger partial charge >= 0.3 is 6.18 Å². The monoisotopic (exact) mass is 201 g/mol. The molecule has 0 atom stereocenters. The number of allylic oxidation sites excluding steroid dienone is 1. The van der Waals surface area contributed by atoms with Crippen molar-refractivity contribution in [2.75, 3.05) is 13.1 Å². The number of rotatable bonds is 1. The highest BCUT2D eigenvalue weighted by molar-refractivity contribution is 5.85. The van der Waals surface area contributed by atoms with Gasteiger partial charge in [-0.1, -0.05) is 11.6 Å². The molecule has 1 fully saturated rings. The summed E-state index contributed by atoms with van der Waals surface area (Å²) in [7, 11) is 0. The molecule has 0 radical (unpaired) electrons. The summed E-state index contributed by atoms with van der Waals surface area (Å²) >= 11 is 0. The molecule has 0 aliphatic carbocycles. The van der Waals surface area contributed by atoms with Crippen LogP contribution in [0.2, 0.25) is 0 Å². The van der Waals surface area contributed by atoms with Crippen molar-refractivity contribution in [3.63, 3.8) is 0 Å². The summed E-state index contributed by atoms with van der Waals surface area (Å²) in [4.78, 5) is 0. The first-order chi connectivity index (χ1) is 5.08. The van der Waals surface area contributed by atoms with Gasteiger partial charge in [0.05, 0.1) is 6.42 Å². The Labute approximate surface area is 75.4 Å². The van der Waals surface area contributed by atoms with Crippen LogP contribution in [0.25, 0.3) is 0 Å². The van der Waals surface area contributed by atoms with Crippen molar-refractivity contribution in [1.82, 2.24) is 5.32 Å². The second-order valence-electron chi connectivity index (χ2n) is 2.61. The summed E-state index contributed by atoms with van der Waals surface area (Å²) in [6.45, 7) is 1.43. The zero-order valence-electron chi connectivity index (χ0n) is 6.45. The van der Waals surface area contributed by atoms with Gasteiger partial charge in [0.2, 0.25) is 0 Å². The summed E-state index contributed by atoms with van der Waals surface area (Å²) in [5.41, 5.74) is 0.877. The summed E-state index contributed by atoms with van der Waals surface area (Å²) in [6.07, 6.45) is -2.80. The second-order valence-corrected chi connectivity index (χ2v) is 2.61. The fourth-order valence-corrected chi connectivity index (χ4v) is 1.02. The average Bonchev–Trinajstić information content (AvgIpc) is 2.32. The van der Waals surface area contributed by atoms with Crippen LogP contribution in [0.3, 0.4) is 0 Å². The van der Waals surface area contributed by atoms with Crippen LogP contribution >= 0.6 is 12.4 Å². The molecule has 0 aromatic heterocycles. The van der Waals surface area contributed by atoms with E-state index in [2.05, 4.69) is 5.32 Å². The Balaban J connectivity index is 0.00000121. The van der Waals surface area contributed by atoms with Crippen molar-refractivity contribution in [3.05, 3.63) is 11.6 Å². The third-order valence-corrected chi connectivity index (χ3v) is 1.60. The highest BCUT2D eigenvalue weighted by Gasteiger charge is 2.25. The fraction of sp³-hybridized carbons (Fsp3) is 0.714. The molecule has 0 bridgehead atoms. The van der Waals surface area contributed by atoms with Gasteiger partial charge in [-0.05, 0) is 13.0 Å². The molecule has 0 amide bonds. The van der Waals surface area contributed by atoms with Crippen molar-refractivity contribution >= 4 is 12.4 Å². The molecule has 0 spiro atoms. The Hall–Kier alpha value is -0.220. The SMILES string of the molecule is Cl.FC(F)(F)C/C=C1\CCNC1. The second kappa shape index (κ2) is 4.72. The average molecular weight is 202 g/mol. The van der Waals surface area contributed by atoms with Gasteiger partial charge in [-0.3, -0.25) is 0 Å². The minimum Gasteiger partial charge on any atom is -0.313 e. The van der Waals surface area contributed by atoms with Crippen molar-refractivity contribution in [1.29, 1.82) is 0 Å². The maximum absolute atomic E-state index is 11.6. The van der Waals surface area contributed by atoms with Gasteiger partial charge in [-0.15, -0.1) is 12.4 Å². The Morgan fingerprint density at radius 2 is 2.08 bits per heavy atom. The van der Waals surface area contributed by atoms with Crippen LogP contribution in [0.5, 0.6) is 0 Å². The molecule has 1 nitrogen and oxygen atoms in total. The highest BCUT2D eigenvalue weighted by atomic mass is 35.5. The van der Waals surface area contributed by atoms with Crippen LogP contribution in [0.1, 0.15) is 12.8 Å². The molecule has 72 valence electrons. The summed E-state index contributed by atoms with van der Waals surface area (Å²) < 4.78 is 34.9. The molecule has 1 aliphatic rings. The van der Waals surface area contributed by atoms with E-state index in [4.69, 9.17) is 0 Å². The molecule has 0 aromatic rings. The number of alkyl halides is 3. The van der Waals surface area contributed by atoms with Gasteiger partial charge in [-0.25, -0.2) is 0 Å². The Bertz CT molecular complexity index is 157. The zero-order chi connectivity index (χ0) is 8.32. The van der Waals surface area contributed by atoms with E-state index in [1.807, 2.05) is 0 Å². The molecule has 0 aromatic carbocycles. The van der Waals surface area contributed by atoms with Crippen molar-refractivity contribution in [2.24, 2.45) is 0 Å². The van der Waals surface area contributed by atoms with Gasteiger partial charge in [0, 0.05) is 6.54 Å². The smallest absolute Gasteiger partial charge is 0.313 e. The first-order valence-corrected chi connectivity index (χ1v) is 3.53. The first-order valence-electron chi connectivity index (χ1n) is 3.53. The van der Waals surface area contributed by atoms with E-state index in [0.29, 0.717) is 6.54 Å². The summed E-state index contributed by atoms with van der Waals surface area (Å²) in [5, 5.41) is 2.97. The van der Waals surface area contributed by atoms with Crippen LogP contribution in [-0.4, -0.2) is 19.3 Å². The van der Waals surface area contributed by atoms with E-state index in [9.17, 15) is 13.2 Å². The lowest BCUT2D eigenvalue weighted by Crippen LogP contribution is -2.06. The molecule has 1 aliphatic heterocycles. The van der Waals surface area contributed by atoms with E-state index in [0.717, 1.165) is 18.5 Å². The minimum atomic E-state index is -4.05. The van der Waals surface area contributed by atoms with E-state index in [1.54, 1.807) is 0 Å². The van der Waals surface area contributed by atoms with Crippen molar-refractivity contribution < 1.29 is 13.2 Å². The predicted molar refractivity (Wildman–Crippen MR) is 43.5 cm³/mol. The largest absolute Gasteiger partial charge is 0.392 e. The molecule has 1 N–H and O–H groups in total. The molecule has 12 heavy (non-hydrogen) atoms. The van der Waals surface area contributed by atoms with Gasteiger partial charge in [-0.2, -0.15) is 13.2 Å². The molecule has 1 saturated heterocycles. The topological polar surface area (TPSA) is 12.0 Å². The van der Waals surface area contributed by atoms with E-state index >= 15 is 0 Å². The molecule has 0 unspecified atom stereocenters. The fourth-order valence-electron chi connectivity index (χ4n) is 1.02. The quantitative estimate of drug-likeness (QED) is 0.642. The van der Waals surface area contributed by atoms with Gasteiger partial charge in [0.15, 0.2) is 0 Å². The van der Waals surface area contributed by atoms with Crippen LogP contribution in [-0.2, 0) is 0 Å². The zero-order valence-corrected chi connectivity index (χ0v) is 7.26. The number of halogens is 4. The van der Waals surface area contributed by atoms with Gasteiger partial charge in [0.1, 0.15) is 0 Å². The maximum atomic E-state index is 11.6. The minimum absolute atomic E-state index is 0.